The lowest BCUT2D eigenvalue weighted by molar-refractivity contribution is -0.384. The van der Waals surface area contributed by atoms with Crippen molar-refractivity contribution in [2.45, 2.75) is 18.9 Å². The Kier molecular flexibility index (Phi) is 5.23. The largest absolute Gasteiger partial charge is 0.491 e. The normalized spacial score (nSPS) is 16.2. The lowest BCUT2D eigenvalue weighted by Gasteiger charge is -2.12. The van der Waals surface area contributed by atoms with Gasteiger partial charge in [0.15, 0.2) is 0 Å². The standard InChI is InChI=1S/C20H18N2O5S/c23-20(19-10-13-9-15(22(24)25)6-7-18(13)28-19)21-14-3-1-4-16(11-14)27-12-17-5-2-8-26-17/h1,3-4,6-7,9-11,17H,2,5,8,12H2,(H,21,23). The third kappa shape index (κ3) is 4.13. The van der Waals surface area contributed by atoms with Crippen LogP contribution in [0.4, 0.5) is 11.4 Å². The predicted molar refractivity (Wildman–Crippen MR) is 107 cm³/mol. The topological polar surface area (TPSA) is 90.7 Å². The van der Waals surface area contributed by atoms with E-state index in [0.717, 1.165) is 24.1 Å². The van der Waals surface area contributed by atoms with Crippen LogP contribution >= 0.6 is 11.3 Å². The summed E-state index contributed by atoms with van der Waals surface area (Å²) in [7, 11) is 0. The van der Waals surface area contributed by atoms with E-state index in [9.17, 15) is 14.9 Å². The Morgan fingerprint density at radius 3 is 2.96 bits per heavy atom. The second-order valence-corrected chi connectivity index (χ2v) is 7.60. The van der Waals surface area contributed by atoms with Crippen LogP contribution in [0.15, 0.2) is 48.5 Å². The molecule has 0 aliphatic carbocycles. The zero-order chi connectivity index (χ0) is 19.5. The Bertz CT molecular complexity index is 1030. The number of hydrogen-bond donors (Lipinski definition) is 1. The Hall–Kier alpha value is -2.97. The zero-order valence-corrected chi connectivity index (χ0v) is 15.7. The van der Waals surface area contributed by atoms with Crippen LogP contribution in [0.25, 0.3) is 10.1 Å². The molecule has 1 aliphatic rings. The molecule has 1 amide bonds. The molecule has 1 saturated heterocycles. The molecule has 1 N–H and O–H groups in total. The molecular weight excluding hydrogens is 380 g/mol. The molecule has 0 spiro atoms. The van der Waals surface area contributed by atoms with E-state index in [0.29, 0.717) is 28.3 Å². The monoisotopic (exact) mass is 398 g/mol. The summed E-state index contributed by atoms with van der Waals surface area (Å²) in [4.78, 5) is 23.5. The predicted octanol–water partition coefficient (Wildman–Crippen LogP) is 4.62. The first-order valence-corrected chi connectivity index (χ1v) is 9.74. The Morgan fingerprint density at radius 1 is 1.29 bits per heavy atom. The van der Waals surface area contributed by atoms with Gasteiger partial charge in [-0.05, 0) is 37.1 Å². The zero-order valence-electron chi connectivity index (χ0n) is 14.9. The van der Waals surface area contributed by atoms with Gasteiger partial charge in [0.25, 0.3) is 11.6 Å². The minimum absolute atomic E-state index is 0.00773. The van der Waals surface area contributed by atoms with Crippen molar-refractivity contribution >= 4 is 38.7 Å². The van der Waals surface area contributed by atoms with E-state index >= 15 is 0 Å². The minimum Gasteiger partial charge on any atom is -0.491 e. The molecule has 8 heteroatoms. The number of nitrogens with one attached hydrogen (secondary N) is 1. The second-order valence-electron chi connectivity index (χ2n) is 6.52. The quantitative estimate of drug-likeness (QED) is 0.483. The molecule has 1 unspecified atom stereocenters. The van der Waals surface area contributed by atoms with Crippen molar-refractivity contribution in [3.05, 3.63) is 63.5 Å². The van der Waals surface area contributed by atoms with Gasteiger partial charge < -0.3 is 14.8 Å². The molecule has 1 aromatic heterocycles. The fraction of sp³-hybridized carbons (Fsp3) is 0.250. The van der Waals surface area contributed by atoms with Crippen molar-refractivity contribution in [3.63, 3.8) is 0 Å². The number of carbonyl (C=O) groups excluding carboxylic acids is 1. The Morgan fingerprint density at radius 2 is 2.18 bits per heavy atom. The highest BCUT2D eigenvalue weighted by atomic mass is 32.1. The van der Waals surface area contributed by atoms with Crippen molar-refractivity contribution in [1.29, 1.82) is 0 Å². The van der Waals surface area contributed by atoms with E-state index in [-0.39, 0.29) is 17.7 Å². The summed E-state index contributed by atoms with van der Waals surface area (Å²) in [5.41, 5.74) is 0.631. The van der Waals surface area contributed by atoms with Crippen LogP contribution in [0.5, 0.6) is 5.75 Å². The summed E-state index contributed by atoms with van der Waals surface area (Å²) in [5.74, 6) is 0.403. The van der Waals surface area contributed by atoms with Crippen molar-refractivity contribution in [1.82, 2.24) is 0 Å². The number of nitro groups is 1. The molecule has 1 fully saturated rings. The summed E-state index contributed by atoms with van der Waals surface area (Å²) < 4.78 is 12.1. The molecule has 1 atom stereocenters. The van der Waals surface area contributed by atoms with Crippen molar-refractivity contribution in [3.8, 4) is 5.75 Å². The van der Waals surface area contributed by atoms with Gasteiger partial charge in [-0.2, -0.15) is 0 Å². The third-order valence-electron chi connectivity index (χ3n) is 4.49. The highest BCUT2D eigenvalue weighted by Crippen LogP contribution is 2.29. The van der Waals surface area contributed by atoms with Gasteiger partial charge in [0.05, 0.1) is 15.9 Å². The first kappa shape index (κ1) is 18.4. The number of nitro benzene ring substituents is 1. The number of ether oxygens (including phenoxy) is 2. The molecule has 7 nitrogen and oxygen atoms in total. The van der Waals surface area contributed by atoms with Crippen LogP contribution in [0.1, 0.15) is 22.5 Å². The first-order valence-electron chi connectivity index (χ1n) is 8.92. The van der Waals surface area contributed by atoms with Crippen LogP contribution in [0, 0.1) is 10.1 Å². The van der Waals surface area contributed by atoms with Gasteiger partial charge in [-0.25, -0.2) is 0 Å². The molecule has 2 aromatic carbocycles. The summed E-state index contributed by atoms with van der Waals surface area (Å²) >= 11 is 1.29. The highest BCUT2D eigenvalue weighted by molar-refractivity contribution is 7.20. The van der Waals surface area contributed by atoms with Crippen LogP contribution < -0.4 is 10.1 Å². The van der Waals surface area contributed by atoms with Crippen LogP contribution in [-0.4, -0.2) is 30.1 Å². The van der Waals surface area contributed by atoms with E-state index < -0.39 is 4.92 Å². The maximum Gasteiger partial charge on any atom is 0.270 e. The fourth-order valence-corrected chi connectivity index (χ4v) is 4.02. The highest BCUT2D eigenvalue weighted by Gasteiger charge is 2.17. The number of amides is 1. The molecule has 4 rings (SSSR count). The number of carbonyl (C=O) groups is 1. The van der Waals surface area contributed by atoms with Crippen molar-refractivity contribution in [2.24, 2.45) is 0 Å². The number of nitrogens with zero attached hydrogens (tertiary/aromatic N) is 1. The van der Waals surface area contributed by atoms with Gasteiger partial charge in [-0.3, -0.25) is 14.9 Å². The van der Waals surface area contributed by atoms with E-state index in [2.05, 4.69) is 5.32 Å². The molecule has 0 radical (unpaired) electrons. The summed E-state index contributed by atoms with van der Waals surface area (Å²) in [6.45, 7) is 1.27. The summed E-state index contributed by atoms with van der Waals surface area (Å²) in [6.07, 6.45) is 2.18. The lowest BCUT2D eigenvalue weighted by atomic mass is 10.2. The number of benzene rings is 2. The van der Waals surface area contributed by atoms with Gasteiger partial charge in [-0.1, -0.05) is 6.07 Å². The lowest BCUT2D eigenvalue weighted by Crippen LogP contribution is -2.16. The maximum atomic E-state index is 12.6. The van der Waals surface area contributed by atoms with E-state index in [1.54, 1.807) is 24.3 Å². The van der Waals surface area contributed by atoms with Crippen molar-refractivity contribution in [2.75, 3.05) is 18.5 Å². The Labute approximate surface area is 165 Å². The van der Waals surface area contributed by atoms with Gasteiger partial charge >= 0.3 is 0 Å². The number of hydrogen-bond acceptors (Lipinski definition) is 6. The molecule has 0 bridgehead atoms. The van der Waals surface area contributed by atoms with Crippen LogP contribution in [-0.2, 0) is 4.74 Å². The average molecular weight is 398 g/mol. The van der Waals surface area contributed by atoms with Gasteiger partial charge in [0.2, 0.25) is 0 Å². The number of fused-ring (bicyclic) bond motifs is 1. The first-order chi connectivity index (χ1) is 13.6. The molecule has 2 heterocycles. The van der Waals surface area contributed by atoms with Crippen molar-refractivity contribution < 1.29 is 19.2 Å². The molecule has 1 aliphatic heterocycles. The second kappa shape index (κ2) is 7.95. The van der Waals surface area contributed by atoms with Crippen LogP contribution in [0.3, 0.4) is 0 Å². The van der Waals surface area contributed by atoms with Gasteiger partial charge in [-0.15, -0.1) is 11.3 Å². The molecule has 0 saturated carbocycles. The molecule has 3 aromatic rings. The number of rotatable bonds is 6. The SMILES string of the molecule is O=C(Nc1cccc(OCC2CCCO2)c1)c1cc2cc([N+](=O)[O-])ccc2s1. The van der Waals surface area contributed by atoms with E-state index in [1.807, 2.05) is 12.1 Å². The van der Waals surface area contributed by atoms with Crippen LogP contribution in [0.2, 0.25) is 0 Å². The van der Waals surface area contributed by atoms with E-state index in [1.165, 1.54) is 23.5 Å². The summed E-state index contributed by atoms with van der Waals surface area (Å²) in [6, 6.07) is 13.4. The van der Waals surface area contributed by atoms with E-state index in [4.69, 9.17) is 9.47 Å². The van der Waals surface area contributed by atoms with Gasteiger partial charge in [0.1, 0.15) is 12.4 Å². The smallest absolute Gasteiger partial charge is 0.270 e. The fourth-order valence-electron chi connectivity index (χ4n) is 3.08. The average Bonchev–Trinajstić information content (AvgIpc) is 3.35. The number of thiophene rings is 1. The minimum atomic E-state index is -0.445. The van der Waals surface area contributed by atoms with Gasteiger partial charge in [0, 0.05) is 40.6 Å². The maximum absolute atomic E-state index is 12.6. The Balaban J connectivity index is 1.44. The molecule has 144 valence electrons. The molecular formula is C20H18N2O5S. The summed E-state index contributed by atoms with van der Waals surface area (Å²) in [5, 5.41) is 14.4. The molecule has 28 heavy (non-hydrogen) atoms. The third-order valence-corrected chi connectivity index (χ3v) is 5.60. The number of anilines is 1. The number of non-ortho nitro benzene ring substituents is 1.